The lowest BCUT2D eigenvalue weighted by Crippen LogP contribution is -2.35. The van der Waals surface area contributed by atoms with Crippen molar-refractivity contribution in [2.24, 2.45) is 0 Å². The molecule has 1 aliphatic rings. The Morgan fingerprint density at radius 3 is 2.42 bits per heavy atom. The van der Waals surface area contributed by atoms with E-state index in [1.807, 2.05) is 17.0 Å². The third-order valence-electron chi connectivity index (χ3n) is 4.55. The number of carbonyl (C=O) groups is 2. The van der Waals surface area contributed by atoms with E-state index in [0.29, 0.717) is 24.3 Å². The van der Waals surface area contributed by atoms with E-state index in [-0.39, 0.29) is 17.6 Å². The van der Waals surface area contributed by atoms with Crippen LogP contribution in [-0.4, -0.2) is 23.3 Å². The predicted molar refractivity (Wildman–Crippen MR) is 98.0 cm³/mol. The highest BCUT2D eigenvalue weighted by Crippen LogP contribution is 2.21. The Morgan fingerprint density at radius 2 is 1.69 bits per heavy atom. The van der Waals surface area contributed by atoms with Crippen molar-refractivity contribution in [1.82, 2.24) is 4.90 Å². The average Bonchev–Trinajstić information content (AvgIpc) is 3.23. The third-order valence-corrected chi connectivity index (χ3v) is 4.55. The first-order valence-electron chi connectivity index (χ1n) is 8.52. The number of rotatable bonds is 3. The van der Waals surface area contributed by atoms with Crippen LogP contribution in [0.4, 0.5) is 5.69 Å². The lowest BCUT2D eigenvalue weighted by Gasteiger charge is -2.29. The maximum atomic E-state index is 12.8. The Labute approximate surface area is 151 Å². The summed E-state index contributed by atoms with van der Waals surface area (Å²) in [6.45, 7) is 1.35. The van der Waals surface area contributed by atoms with Crippen LogP contribution in [0.15, 0.2) is 71.3 Å². The Kier molecular flexibility index (Phi) is 4.27. The molecule has 3 aromatic rings. The summed E-state index contributed by atoms with van der Waals surface area (Å²) in [4.78, 5) is 26.6. The van der Waals surface area contributed by atoms with Gasteiger partial charge in [0, 0.05) is 24.3 Å². The van der Waals surface area contributed by atoms with Gasteiger partial charge < -0.3 is 14.6 Å². The van der Waals surface area contributed by atoms with Crippen LogP contribution >= 0.6 is 0 Å². The van der Waals surface area contributed by atoms with Gasteiger partial charge in [-0.1, -0.05) is 24.3 Å². The Hall–Kier alpha value is -3.34. The van der Waals surface area contributed by atoms with Gasteiger partial charge in [-0.05, 0) is 53.9 Å². The van der Waals surface area contributed by atoms with Gasteiger partial charge >= 0.3 is 0 Å². The molecule has 0 radical (unpaired) electrons. The van der Waals surface area contributed by atoms with Gasteiger partial charge in [0.25, 0.3) is 11.8 Å². The smallest absolute Gasteiger partial charge is 0.291 e. The van der Waals surface area contributed by atoms with E-state index >= 15 is 0 Å². The molecule has 0 fully saturated rings. The number of fused-ring (bicyclic) bond motifs is 1. The molecule has 2 amide bonds. The zero-order valence-corrected chi connectivity index (χ0v) is 14.1. The summed E-state index contributed by atoms with van der Waals surface area (Å²) in [7, 11) is 0. The number of anilines is 1. The first-order chi connectivity index (χ1) is 12.7. The second-order valence-corrected chi connectivity index (χ2v) is 6.25. The summed E-state index contributed by atoms with van der Waals surface area (Å²) in [6, 6.07) is 18.4. The van der Waals surface area contributed by atoms with E-state index < -0.39 is 0 Å². The second-order valence-electron chi connectivity index (χ2n) is 6.25. The monoisotopic (exact) mass is 346 g/mol. The molecule has 4 rings (SSSR count). The summed E-state index contributed by atoms with van der Waals surface area (Å²) >= 11 is 0. The molecule has 0 aliphatic carbocycles. The van der Waals surface area contributed by atoms with Gasteiger partial charge in [-0.25, -0.2) is 0 Å². The fourth-order valence-corrected chi connectivity index (χ4v) is 3.15. The fraction of sp³-hybridized carbons (Fsp3) is 0.143. The molecular weight excluding hydrogens is 328 g/mol. The van der Waals surface area contributed by atoms with Crippen molar-refractivity contribution in [3.63, 3.8) is 0 Å². The predicted octanol–water partition coefficient (Wildman–Crippen LogP) is 3.73. The Morgan fingerprint density at radius 1 is 0.923 bits per heavy atom. The Bertz CT molecular complexity index is 930. The van der Waals surface area contributed by atoms with E-state index in [2.05, 4.69) is 17.4 Å². The molecule has 0 spiro atoms. The van der Waals surface area contributed by atoms with Crippen molar-refractivity contribution < 1.29 is 14.0 Å². The van der Waals surface area contributed by atoms with Crippen molar-refractivity contribution in [3.05, 3.63) is 89.4 Å². The number of nitrogens with one attached hydrogen (secondary N) is 1. The van der Waals surface area contributed by atoms with E-state index in [4.69, 9.17) is 4.42 Å². The molecule has 0 saturated heterocycles. The third kappa shape index (κ3) is 3.24. The zero-order valence-electron chi connectivity index (χ0n) is 14.1. The van der Waals surface area contributed by atoms with Gasteiger partial charge in [-0.2, -0.15) is 0 Å². The normalized spacial score (nSPS) is 13.2. The highest BCUT2D eigenvalue weighted by molar-refractivity contribution is 6.02. The van der Waals surface area contributed by atoms with Crippen LogP contribution in [0.25, 0.3) is 0 Å². The minimum atomic E-state index is -0.318. The van der Waals surface area contributed by atoms with Gasteiger partial charge in [0.05, 0.1) is 6.26 Å². The number of amides is 2. The maximum Gasteiger partial charge on any atom is 0.291 e. The molecule has 130 valence electrons. The van der Waals surface area contributed by atoms with E-state index in [1.54, 1.807) is 36.4 Å². The second kappa shape index (κ2) is 6.88. The van der Waals surface area contributed by atoms with Crippen LogP contribution in [0.3, 0.4) is 0 Å². The van der Waals surface area contributed by atoms with Gasteiger partial charge in [0.2, 0.25) is 0 Å². The van der Waals surface area contributed by atoms with Crippen LogP contribution in [0.2, 0.25) is 0 Å². The fourth-order valence-electron chi connectivity index (χ4n) is 3.15. The first kappa shape index (κ1) is 16.1. The number of hydrogen-bond donors (Lipinski definition) is 1. The standard InChI is InChI=1S/C21H18N2O3/c24-20(19-6-3-13-26-19)22-18-9-7-16(8-10-18)21(25)23-12-11-15-4-1-2-5-17(15)14-23/h1-10,13H,11-12,14H2,(H,22,24). The summed E-state index contributed by atoms with van der Waals surface area (Å²) in [5.41, 5.74) is 3.74. The van der Waals surface area contributed by atoms with Gasteiger partial charge in [0.1, 0.15) is 0 Å². The Balaban J connectivity index is 1.44. The number of hydrogen-bond acceptors (Lipinski definition) is 3. The van der Waals surface area contributed by atoms with Crippen LogP contribution in [-0.2, 0) is 13.0 Å². The first-order valence-corrected chi connectivity index (χ1v) is 8.52. The molecule has 0 saturated carbocycles. The van der Waals surface area contributed by atoms with Gasteiger partial charge in [-0.3, -0.25) is 9.59 Å². The number of furan rings is 1. The molecule has 5 heteroatoms. The minimum absolute atomic E-state index is 0.00316. The van der Waals surface area contributed by atoms with E-state index in [0.717, 1.165) is 6.42 Å². The van der Waals surface area contributed by atoms with E-state index in [1.165, 1.54) is 17.4 Å². The molecule has 0 unspecified atom stereocenters. The summed E-state index contributed by atoms with van der Waals surface area (Å²) in [5.74, 6) is -0.0673. The molecule has 2 aromatic carbocycles. The van der Waals surface area contributed by atoms with E-state index in [9.17, 15) is 9.59 Å². The highest BCUT2D eigenvalue weighted by atomic mass is 16.3. The lowest BCUT2D eigenvalue weighted by atomic mass is 9.99. The van der Waals surface area contributed by atoms with Crippen molar-refractivity contribution in [3.8, 4) is 0 Å². The average molecular weight is 346 g/mol. The summed E-state index contributed by atoms with van der Waals surface area (Å²) in [5, 5.41) is 2.75. The zero-order chi connectivity index (χ0) is 17.9. The van der Waals surface area contributed by atoms with Crippen molar-refractivity contribution in [2.75, 3.05) is 11.9 Å². The lowest BCUT2D eigenvalue weighted by molar-refractivity contribution is 0.0734. The molecule has 26 heavy (non-hydrogen) atoms. The molecule has 0 atom stereocenters. The van der Waals surface area contributed by atoms with Crippen molar-refractivity contribution >= 4 is 17.5 Å². The molecule has 5 nitrogen and oxygen atoms in total. The number of nitrogens with zero attached hydrogens (tertiary/aromatic N) is 1. The molecule has 1 aromatic heterocycles. The SMILES string of the molecule is O=C(Nc1ccc(C(=O)N2CCc3ccccc3C2)cc1)c1ccco1. The molecule has 1 N–H and O–H groups in total. The molecular formula is C21H18N2O3. The topological polar surface area (TPSA) is 62.6 Å². The highest BCUT2D eigenvalue weighted by Gasteiger charge is 2.21. The van der Waals surface area contributed by atoms with Crippen LogP contribution in [0, 0.1) is 0 Å². The van der Waals surface area contributed by atoms with Gasteiger partial charge in [-0.15, -0.1) is 0 Å². The van der Waals surface area contributed by atoms with Crippen molar-refractivity contribution in [2.45, 2.75) is 13.0 Å². The summed E-state index contributed by atoms with van der Waals surface area (Å²) < 4.78 is 5.06. The van der Waals surface area contributed by atoms with Crippen LogP contribution in [0.5, 0.6) is 0 Å². The van der Waals surface area contributed by atoms with Gasteiger partial charge in [0.15, 0.2) is 5.76 Å². The number of carbonyl (C=O) groups excluding carboxylic acids is 2. The maximum absolute atomic E-state index is 12.8. The molecule has 1 aliphatic heterocycles. The molecule has 0 bridgehead atoms. The van der Waals surface area contributed by atoms with Crippen molar-refractivity contribution in [1.29, 1.82) is 0 Å². The quantitative estimate of drug-likeness (QED) is 0.786. The largest absolute Gasteiger partial charge is 0.459 e. The van der Waals surface area contributed by atoms with Crippen LogP contribution < -0.4 is 5.32 Å². The minimum Gasteiger partial charge on any atom is -0.459 e. The van der Waals surface area contributed by atoms with Crippen LogP contribution in [0.1, 0.15) is 32.0 Å². The summed E-state index contributed by atoms with van der Waals surface area (Å²) in [6.07, 6.45) is 2.33. The number of benzene rings is 2. The molecule has 2 heterocycles.